The molecule has 0 bridgehead atoms. The highest BCUT2D eigenvalue weighted by atomic mass is 15.2. The first-order chi connectivity index (χ1) is 7.34. The summed E-state index contributed by atoms with van der Waals surface area (Å²) in [7, 11) is 2.19. The van der Waals surface area contributed by atoms with Crippen LogP contribution >= 0.6 is 0 Å². The molecular weight excluding hydrogens is 184 g/mol. The number of likely N-dealkylation sites (tertiary alicyclic amines) is 1. The van der Waals surface area contributed by atoms with Crippen LogP contribution in [0.15, 0.2) is 30.3 Å². The van der Waals surface area contributed by atoms with Crippen LogP contribution in [-0.2, 0) is 6.42 Å². The monoisotopic (exact) mass is 204 g/mol. The Labute approximate surface area is 92.3 Å². The van der Waals surface area contributed by atoms with E-state index < -0.39 is 0 Å². The molecule has 2 rings (SSSR count). The van der Waals surface area contributed by atoms with Gasteiger partial charge in [0.15, 0.2) is 0 Å². The van der Waals surface area contributed by atoms with Crippen molar-refractivity contribution in [2.24, 2.45) is 0 Å². The smallest absolute Gasteiger partial charge is 0.0207 e. The minimum atomic E-state index is 0.707. The van der Waals surface area contributed by atoms with Crippen LogP contribution in [0.3, 0.4) is 0 Å². The van der Waals surface area contributed by atoms with Gasteiger partial charge >= 0.3 is 0 Å². The third kappa shape index (κ3) is 3.33. The van der Waals surface area contributed by atoms with E-state index in [0.717, 1.165) is 13.0 Å². The molecule has 0 spiro atoms. The summed E-state index contributed by atoms with van der Waals surface area (Å²) in [6.07, 6.45) is 2.44. The van der Waals surface area contributed by atoms with E-state index in [2.05, 4.69) is 47.6 Å². The Hall–Kier alpha value is -0.860. The van der Waals surface area contributed by atoms with Crippen LogP contribution in [0.4, 0.5) is 0 Å². The summed E-state index contributed by atoms with van der Waals surface area (Å²) < 4.78 is 0. The van der Waals surface area contributed by atoms with Crippen LogP contribution in [0, 0.1) is 0 Å². The fraction of sp³-hybridized carbons (Fsp3) is 0.538. The number of nitrogens with zero attached hydrogens (tertiary/aromatic N) is 1. The highest BCUT2D eigenvalue weighted by molar-refractivity contribution is 5.14. The van der Waals surface area contributed by atoms with Gasteiger partial charge in [0.05, 0.1) is 0 Å². The normalized spacial score (nSPS) is 22.1. The highest BCUT2D eigenvalue weighted by Crippen LogP contribution is 2.06. The van der Waals surface area contributed by atoms with E-state index in [1.54, 1.807) is 0 Å². The molecule has 1 unspecified atom stereocenters. The fourth-order valence-corrected chi connectivity index (χ4v) is 2.17. The van der Waals surface area contributed by atoms with Gasteiger partial charge in [-0.1, -0.05) is 30.3 Å². The molecule has 0 amide bonds. The predicted molar refractivity (Wildman–Crippen MR) is 64.1 cm³/mol. The van der Waals surface area contributed by atoms with Crippen LogP contribution in [0.1, 0.15) is 12.0 Å². The zero-order chi connectivity index (χ0) is 10.5. The second kappa shape index (κ2) is 5.29. The van der Waals surface area contributed by atoms with Crippen molar-refractivity contribution in [2.45, 2.75) is 18.9 Å². The Balaban J connectivity index is 1.67. The molecule has 0 aliphatic carbocycles. The maximum absolute atomic E-state index is 3.62. The number of hydrogen-bond donors (Lipinski definition) is 1. The van der Waals surface area contributed by atoms with Crippen molar-refractivity contribution in [1.29, 1.82) is 0 Å². The number of benzene rings is 1. The molecule has 0 aromatic heterocycles. The quantitative estimate of drug-likeness (QED) is 0.800. The Morgan fingerprint density at radius 2 is 2.13 bits per heavy atom. The molecular formula is C13H20N2. The maximum atomic E-state index is 3.62. The minimum absolute atomic E-state index is 0.707. The fourth-order valence-electron chi connectivity index (χ4n) is 2.17. The molecule has 1 aromatic carbocycles. The number of hydrogen-bond acceptors (Lipinski definition) is 2. The third-order valence-electron chi connectivity index (χ3n) is 3.08. The molecule has 1 N–H and O–H groups in total. The Morgan fingerprint density at radius 1 is 1.33 bits per heavy atom. The molecule has 1 fully saturated rings. The van der Waals surface area contributed by atoms with Crippen molar-refractivity contribution in [3.05, 3.63) is 35.9 Å². The van der Waals surface area contributed by atoms with Gasteiger partial charge in [0.1, 0.15) is 0 Å². The van der Waals surface area contributed by atoms with Crippen molar-refractivity contribution < 1.29 is 0 Å². The van der Waals surface area contributed by atoms with E-state index in [9.17, 15) is 0 Å². The number of nitrogens with one attached hydrogen (secondary N) is 1. The molecule has 0 radical (unpaired) electrons. The second-order valence-corrected chi connectivity index (χ2v) is 4.44. The lowest BCUT2D eigenvalue weighted by molar-refractivity contribution is 0.398. The average molecular weight is 204 g/mol. The lowest BCUT2D eigenvalue weighted by Crippen LogP contribution is -2.32. The Bertz CT molecular complexity index is 284. The van der Waals surface area contributed by atoms with Gasteiger partial charge in [-0.05, 0) is 38.5 Å². The van der Waals surface area contributed by atoms with Crippen LogP contribution in [0.25, 0.3) is 0 Å². The maximum Gasteiger partial charge on any atom is 0.0207 e. The van der Waals surface area contributed by atoms with E-state index in [1.165, 1.54) is 25.1 Å². The van der Waals surface area contributed by atoms with Crippen LogP contribution in [0.5, 0.6) is 0 Å². The van der Waals surface area contributed by atoms with Crippen molar-refractivity contribution in [2.75, 3.05) is 26.7 Å². The first-order valence-electron chi connectivity index (χ1n) is 5.80. The predicted octanol–water partition coefficient (Wildman–Crippen LogP) is 1.52. The lowest BCUT2D eigenvalue weighted by Gasteiger charge is -2.12. The summed E-state index contributed by atoms with van der Waals surface area (Å²) in [4.78, 5) is 2.39. The van der Waals surface area contributed by atoms with E-state index in [4.69, 9.17) is 0 Å². The Morgan fingerprint density at radius 3 is 2.80 bits per heavy atom. The molecule has 1 aliphatic heterocycles. The van der Waals surface area contributed by atoms with Gasteiger partial charge in [-0.2, -0.15) is 0 Å². The van der Waals surface area contributed by atoms with E-state index >= 15 is 0 Å². The van der Waals surface area contributed by atoms with Gasteiger partial charge in [-0.15, -0.1) is 0 Å². The van der Waals surface area contributed by atoms with E-state index in [0.29, 0.717) is 6.04 Å². The van der Waals surface area contributed by atoms with E-state index in [-0.39, 0.29) is 0 Å². The third-order valence-corrected chi connectivity index (χ3v) is 3.08. The molecule has 2 nitrogen and oxygen atoms in total. The molecule has 2 heteroatoms. The van der Waals surface area contributed by atoms with Gasteiger partial charge in [0.25, 0.3) is 0 Å². The first kappa shape index (κ1) is 10.7. The van der Waals surface area contributed by atoms with Gasteiger partial charge in [0.2, 0.25) is 0 Å². The summed E-state index contributed by atoms with van der Waals surface area (Å²) in [5.41, 5.74) is 1.43. The van der Waals surface area contributed by atoms with Crippen LogP contribution < -0.4 is 5.32 Å². The molecule has 1 aliphatic rings. The molecule has 1 aromatic rings. The zero-order valence-corrected chi connectivity index (χ0v) is 9.45. The SMILES string of the molecule is CN1CCC(NCCc2ccccc2)C1. The number of rotatable bonds is 4. The highest BCUT2D eigenvalue weighted by Gasteiger charge is 2.17. The van der Waals surface area contributed by atoms with Crippen LogP contribution in [-0.4, -0.2) is 37.6 Å². The molecule has 82 valence electrons. The summed E-state index contributed by atoms with van der Waals surface area (Å²) in [5, 5.41) is 3.62. The van der Waals surface area contributed by atoms with Gasteiger partial charge in [0, 0.05) is 12.6 Å². The number of likely N-dealkylation sites (N-methyl/N-ethyl adjacent to an activating group) is 1. The second-order valence-electron chi connectivity index (χ2n) is 4.44. The minimum Gasteiger partial charge on any atom is -0.312 e. The first-order valence-corrected chi connectivity index (χ1v) is 5.80. The molecule has 1 heterocycles. The standard InChI is InChI=1S/C13H20N2/c1-15-10-8-13(11-15)14-9-7-12-5-3-2-4-6-12/h2-6,13-14H,7-11H2,1H3. The summed E-state index contributed by atoms with van der Waals surface area (Å²) in [6, 6.07) is 11.4. The summed E-state index contributed by atoms with van der Waals surface area (Å²) >= 11 is 0. The van der Waals surface area contributed by atoms with Crippen LogP contribution in [0.2, 0.25) is 0 Å². The Kier molecular flexibility index (Phi) is 3.75. The molecule has 0 saturated carbocycles. The average Bonchev–Trinajstić information content (AvgIpc) is 2.66. The van der Waals surface area contributed by atoms with Gasteiger partial charge < -0.3 is 10.2 Å². The molecule has 1 atom stereocenters. The summed E-state index contributed by atoms with van der Waals surface area (Å²) in [6.45, 7) is 3.54. The van der Waals surface area contributed by atoms with Gasteiger partial charge in [-0.3, -0.25) is 0 Å². The molecule has 15 heavy (non-hydrogen) atoms. The van der Waals surface area contributed by atoms with Crippen molar-refractivity contribution >= 4 is 0 Å². The van der Waals surface area contributed by atoms with Crippen molar-refractivity contribution in [3.8, 4) is 0 Å². The topological polar surface area (TPSA) is 15.3 Å². The molecule has 1 saturated heterocycles. The lowest BCUT2D eigenvalue weighted by atomic mass is 10.1. The van der Waals surface area contributed by atoms with Crippen molar-refractivity contribution in [3.63, 3.8) is 0 Å². The zero-order valence-electron chi connectivity index (χ0n) is 9.45. The van der Waals surface area contributed by atoms with E-state index in [1.807, 2.05) is 0 Å². The summed E-state index contributed by atoms with van der Waals surface area (Å²) in [5.74, 6) is 0. The largest absolute Gasteiger partial charge is 0.312 e. The van der Waals surface area contributed by atoms with Gasteiger partial charge in [-0.25, -0.2) is 0 Å². The van der Waals surface area contributed by atoms with Crippen molar-refractivity contribution in [1.82, 2.24) is 10.2 Å².